The number of methoxy groups -OCH3 is 6. The maximum absolute atomic E-state index is 5.59. The molecule has 29 heavy (non-hydrogen) atoms. The predicted octanol–water partition coefficient (Wildman–Crippen LogP) is 4.06. The van der Waals surface area contributed by atoms with E-state index in [1.54, 1.807) is 54.9 Å². The van der Waals surface area contributed by atoms with Crippen molar-refractivity contribution >= 4 is 0 Å². The molecule has 0 atom stereocenters. The standard InChI is InChI=1S/C21H23NO7/c1-23-15-8-7-13(19(26-4)21(15)28-6)18-14(11-22-29-18)12-9-16(24-2)20(27-5)17(10-12)25-3/h7-11H,1-6H3. The third-order valence-electron chi connectivity index (χ3n) is 4.49. The first-order valence-electron chi connectivity index (χ1n) is 8.67. The molecular formula is C21H23NO7. The number of nitrogens with zero attached hydrogens (tertiary/aromatic N) is 1. The van der Waals surface area contributed by atoms with Crippen LogP contribution in [-0.4, -0.2) is 47.8 Å². The van der Waals surface area contributed by atoms with Crippen molar-refractivity contribution in [3.8, 4) is 56.9 Å². The molecule has 3 rings (SSSR count). The van der Waals surface area contributed by atoms with Gasteiger partial charge < -0.3 is 32.9 Å². The van der Waals surface area contributed by atoms with Gasteiger partial charge in [0.05, 0.1) is 54.4 Å². The van der Waals surface area contributed by atoms with Crippen molar-refractivity contribution in [3.05, 3.63) is 30.5 Å². The average Bonchev–Trinajstić information content (AvgIpc) is 3.26. The summed E-state index contributed by atoms with van der Waals surface area (Å²) in [6.07, 6.45) is 1.62. The van der Waals surface area contributed by atoms with Crippen molar-refractivity contribution in [2.45, 2.75) is 0 Å². The Morgan fingerprint density at radius 2 is 1.21 bits per heavy atom. The van der Waals surface area contributed by atoms with Crippen LogP contribution in [0.15, 0.2) is 35.0 Å². The second-order valence-electron chi connectivity index (χ2n) is 5.86. The fraction of sp³-hybridized carbons (Fsp3) is 0.286. The summed E-state index contributed by atoms with van der Waals surface area (Å²) in [5.74, 6) is 3.51. The van der Waals surface area contributed by atoms with Crippen LogP contribution in [0.25, 0.3) is 22.5 Å². The summed E-state index contributed by atoms with van der Waals surface area (Å²) in [5.41, 5.74) is 2.15. The topological polar surface area (TPSA) is 81.4 Å². The lowest BCUT2D eigenvalue weighted by atomic mass is 10.0. The molecule has 0 radical (unpaired) electrons. The second kappa shape index (κ2) is 8.64. The van der Waals surface area contributed by atoms with Crippen LogP contribution in [0, 0.1) is 0 Å². The van der Waals surface area contributed by atoms with Crippen molar-refractivity contribution in [3.63, 3.8) is 0 Å². The molecule has 2 aromatic carbocycles. The molecule has 0 amide bonds. The molecule has 0 bridgehead atoms. The van der Waals surface area contributed by atoms with Crippen molar-refractivity contribution in [1.82, 2.24) is 5.16 Å². The molecular weight excluding hydrogens is 378 g/mol. The van der Waals surface area contributed by atoms with E-state index in [1.165, 1.54) is 0 Å². The van der Waals surface area contributed by atoms with Crippen LogP contribution in [0.5, 0.6) is 34.5 Å². The van der Waals surface area contributed by atoms with E-state index in [2.05, 4.69) is 5.16 Å². The van der Waals surface area contributed by atoms with Gasteiger partial charge in [0.25, 0.3) is 0 Å². The minimum Gasteiger partial charge on any atom is -0.493 e. The minimum atomic E-state index is 0.458. The minimum absolute atomic E-state index is 0.458. The van der Waals surface area contributed by atoms with Crippen molar-refractivity contribution in [2.24, 2.45) is 0 Å². The van der Waals surface area contributed by atoms with Crippen LogP contribution in [0.4, 0.5) is 0 Å². The molecule has 8 nitrogen and oxygen atoms in total. The number of benzene rings is 2. The largest absolute Gasteiger partial charge is 0.493 e. The van der Waals surface area contributed by atoms with Gasteiger partial charge in [-0.1, -0.05) is 5.16 Å². The summed E-state index contributed by atoms with van der Waals surface area (Å²) in [7, 11) is 9.34. The summed E-state index contributed by atoms with van der Waals surface area (Å²) < 4.78 is 38.3. The van der Waals surface area contributed by atoms with Crippen molar-refractivity contribution in [2.75, 3.05) is 42.7 Å². The van der Waals surface area contributed by atoms with Gasteiger partial charge in [0, 0.05) is 5.56 Å². The maximum atomic E-state index is 5.59. The van der Waals surface area contributed by atoms with Gasteiger partial charge >= 0.3 is 0 Å². The van der Waals surface area contributed by atoms with Gasteiger partial charge in [0.1, 0.15) is 0 Å². The Kier molecular flexibility index (Phi) is 6.01. The lowest BCUT2D eigenvalue weighted by molar-refractivity contribution is 0.324. The van der Waals surface area contributed by atoms with E-state index in [0.29, 0.717) is 45.8 Å². The third kappa shape index (κ3) is 3.49. The van der Waals surface area contributed by atoms with Crippen LogP contribution in [0.2, 0.25) is 0 Å². The molecule has 1 heterocycles. The number of hydrogen-bond acceptors (Lipinski definition) is 8. The Hall–Kier alpha value is -3.55. The monoisotopic (exact) mass is 401 g/mol. The fourth-order valence-electron chi connectivity index (χ4n) is 3.16. The zero-order valence-electron chi connectivity index (χ0n) is 17.2. The number of ether oxygens (including phenoxy) is 6. The smallest absolute Gasteiger partial charge is 0.204 e. The van der Waals surface area contributed by atoms with E-state index in [-0.39, 0.29) is 0 Å². The van der Waals surface area contributed by atoms with Gasteiger partial charge in [0.15, 0.2) is 28.8 Å². The molecule has 8 heteroatoms. The number of rotatable bonds is 8. The zero-order valence-corrected chi connectivity index (χ0v) is 17.2. The predicted molar refractivity (Wildman–Crippen MR) is 107 cm³/mol. The molecule has 0 aliphatic carbocycles. The van der Waals surface area contributed by atoms with Crippen LogP contribution < -0.4 is 28.4 Å². The highest BCUT2D eigenvalue weighted by Crippen LogP contribution is 2.48. The summed E-state index contributed by atoms with van der Waals surface area (Å²) >= 11 is 0. The molecule has 0 N–H and O–H groups in total. The third-order valence-corrected chi connectivity index (χ3v) is 4.49. The van der Waals surface area contributed by atoms with Gasteiger partial charge in [-0.2, -0.15) is 0 Å². The highest BCUT2D eigenvalue weighted by molar-refractivity contribution is 5.85. The van der Waals surface area contributed by atoms with Crippen molar-refractivity contribution < 1.29 is 32.9 Å². The molecule has 0 aliphatic rings. The number of aromatic nitrogens is 1. The molecule has 0 aliphatic heterocycles. The first kappa shape index (κ1) is 20.2. The average molecular weight is 401 g/mol. The fourth-order valence-corrected chi connectivity index (χ4v) is 3.16. The molecule has 0 fully saturated rings. The van der Waals surface area contributed by atoms with Crippen LogP contribution in [0.3, 0.4) is 0 Å². The summed E-state index contributed by atoms with van der Waals surface area (Å²) in [6, 6.07) is 7.25. The SMILES string of the molecule is COc1cc(-c2cnoc2-c2ccc(OC)c(OC)c2OC)cc(OC)c1OC. The van der Waals surface area contributed by atoms with Crippen LogP contribution in [0.1, 0.15) is 0 Å². The second-order valence-corrected chi connectivity index (χ2v) is 5.86. The van der Waals surface area contributed by atoms with E-state index in [0.717, 1.165) is 11.1 Å². The lowest BCUT2D eigenvalue weighted by Crippen LogP contribution is -1.97. The molecule has 0 spiro atoms. The Balaban J connectivity index is 2.22. The van der Waals surface area contributed by atoms with Crippen molar-refractivity contribution in [1.29, 1.82) is 0 Å². The van der Waals surface area contributed by atoms with Gasteiger partial charge in [-0.05, 0) is 29.8 Å². The zero-order chi connectivity index (χ0) is 21.0. The first-order valence-corrected chi connectivity index (χ1v) is 8.67. The Morgan fingerprint density at radius 1 is 0.621 bits per heavy atom. The van der Waals surface area contributed by atoms with Gasteiger partial charge in [-0.15, -0.1) is 0 Å². The van der Waals surface area contributed by atoms with Gasteiger partial charge in [0.2, 0.25) is 11.5 Å². The first-order chi connectivity index (χ1) is 14.1. The Labute approximate surface area is 168 Å². The summed E-state index contributed by atoms with van der Waals surface area (Å²) in [5, 5.41) is 3.99. The highest BCUT2D eigenvalue weighted by atomic mass is 16.5. The van der Waals surface area contributed by atoms with E-state index < -0.39 is 0 Å². The van der Waals surface area contributed by atoms with E-state index in [4.69, 9.17) is 32.9 Å². The number of hydrogen-bond donors (Lipinski definition) is 0. The normalized spacial score (nSPS) is 10.4. The molecule has 3 aromatic rings. The van der Waals surface area contributed by atoms with E-state index >= 15 is 0 Å². The quantitative estimate of drug-likeness (QED) is 0.559. The van der Waals surface area contributed by atoms with E-state index in [9.17, 15) is 0 Å². The summed E-state index contributed by atoms with van der Waals surface area (Å²) in [4.78, 5) is 0. The molecule has 154 valence electrons. The Bertz CT molecular complexity index is 972. The molecule has 0 saturated heterocycles. The lowest BCUT2D eigenvalue weighted by Gasteiger charge is -2.16. The Morgan fingerprint density at radius 3 is 1.72 bits per heavy atom. The van der Waals surface area contributed by atoms with Crippen LogP contribution in [-0.2, 0) is 0 Å². The molecule has 0 saturated carbocycles. The summed E-state index contributed by atoms with van der Waals surface area (Å²) in [6.45, 7) is 0. The van der Waals surface area contributed by atoms with Gasteiger partial charge in [-0.3, -0.25) is 0 Å². The van der Waals surface area contributed by atoms with Gasteiger partial charge in [-0.25, -0.2) is 0 Å². The van der Waals surface area contributed by atoms with Crippen LogP contribution >= 0.6 is 0 Å². The van der Waals surface area contributed by atoms with E-state index in [1.807, 2.05) is 18.2 Å². The molecule has 1 aromatic heterocycles. The highest BCUT2D eigenvalue weighted by Gasteiger charge is 2.24. The molecule has 0 unspecified atom stereocenters. The maximum Gasteiger partial charge on any atom is 0.204 e.